The number of amides is 2. The number of carbonyl (C=O) groups is 2. The van der Waals surface area contributed by atoms with Gasteiger partial charge in [0.2, 0.25) is 16.9 Å². The number of nitrogens with one attached hydrogen (secondary N) is 1. The lowest BCUT2D eigenvalue weighted by Crippen LogP contribution is -2.68. The van der Waals surface area contributed by atoms with Crippen LogP contribution in [0.2, 0.25) is 0 Å². The molecule has 5 heterocycles. The summed E-state index contributed by atoms with van der Waals surface area (Å²) in [6.45, 7) is 6.83. The third kappa shape index (κ3) is 3.81. The van der Waals surface area contributed by atoms with Gasteiger partial charge < -0.3 is 15.1 Å². The number of aryl methyl sites for hydroxylation is 2. The largest absolute Gasteiger partial charge is 0.350 e. The van der Waals surface area contributed by atoms with Gasteiger partial charge >= 0.3 is 0 Å². The minimum Gasteiger partial charge on any atom is -0.350 e. The van der Waals surface area contributed by atoms with Crippen molar-refractivity contribution in [3.63, 3.8) is 0 Å². The first-order chi connectivity index (χ1) is 15.0. The highest BCUT2D eigenvalue weighted by Gasteiger charge is 2.52. The van der Waals surface area contributed by atoms with Gasteiger partial charge in [0.05, 0.1) is 6.20 Å². The fourth-order valence-electron chi connectivity index (χ4n) is 5.53. The molecule has 0 radical (unpaired) electrons. The average molecular weight is 444 g/mol. The second-order valence-electron chi connectivity index (χ2n) is 8.89. The van der Waals surface area contributed by atoms with E-state index in [0.717, 1.165) is 54.6 Å². The van der Waals surface area contributed by atoms with Crippen molar-refractivity contribution >= 4 is 28.3 Å². The van der Waals surface area contributed by atoms with Crippen LogP contribution in [-0.4, -0.2) is 61.9 Å². The number of carbonyl (C=O) groups excluding carboxylic acids is 2. The minimum atomic E-state index is -0.424. The van der Waals surface area contributed by atoms with Crippen molar-refractivity contribution in [3.8, 4) is 0 Å². The van der Waals surface area contributed by atoms with Crippen LogP contribution in [-0.2, 0) is 22.7 Å². The molecule has 3 aliphatic heterocycles. The monoisotopic (exact) mass is 443 g/mol. The van der Waals surface area contributed by atoms with Gasteiger partial charge in [-0.1, -0.05) is 11.3 Å². The highest BCUT2D eigenvalue weighted by atomic mass is 32.1. The topological polar surface area (TPSA) is 96.2 Å². The van der Waals surface area contributed by atoms with Crippen LogP contribution in [0.4, 0.5) is 5.13 Å². The Labute approximate surface area is 185 Å². The Morgan fingerprint density at radius 1 is 1.29 bits per heavy atom. The lowest BCUT2D eigenvalue weighted by atomic mass is 9.72. The quantitative estimate of drug-likeness (QED) is 0.754. The zero-order chi connectivity index (χ0) is 21.5. The Kier molecular flexibility index (Phi) is 5.41. The minimum absolute atomic E-state index is 0.0526. The molecule has 2 bridgehead atoms. The number of nitrogens with zero attached hydrogens (tertiary/aromatic N) is 6. The highest BCUT2D eigenvalue weighted by molar-refractivity contribution is 7.15. The van der Waals surface area contributed by atoms with Crippen molar-refractivity contribution in [2.75, 3.05) is 18.0 Å². The molecule has 3 saturated heterocycles. The van der Waals surface area contributed by atoms with E-state index < -0.39 is 6.04 Å². The van der Waals surface area contributed by atoms with Crippen molar-refractivity contribution < 1.29 is 9.59 Å². The van der Waals surface area contributed by atoms with Crippen LogP contribution >= 0.6 is 11.3 Å². The maximum Gasteiger partial charge on any atom is 0.243 e. The summed E-state index contributed by atoms with van der Waals surface area (Å²) in [5.74, 6) is 0.548. The molecule has 10 heteroatoms. The van der Waals surface area contributed by atoms with E-state index in [-0.39, 0.29) is 23.8 Å². The summed E-state index contributed by atoms with van der Waals surface area (Å²) in [6.07, 6.45) is 7.14. The molecular weight excluding hydrogens is 414 g/mol. The van der Waals surface area contributed by atoms with E-state index in [0.29, 0.717) is 18.9 Å². The zero-order valence-electron chi connectivity index (χ0n) is 18.0. The smallest absolute Gasteiger partial charge is 0.243 e. The standard InChI is InChI=1S/C21H29N7O2S/c1-3-27-10-14(9-23-27)8-22-20(30)19-16-7-15(17-5-4-6-18(29)28(17)19)11-26(12-16)21-25-24-13(2)31-21/h9-10,15-17,19H,3-8,11-12H2,1-2H3,(H,22,30)/t15-,16+,17+,19-/m1/s1. The zero-order valence-corrected chi connectivity index (χ0v) is 18.8. The number of aromatic nitrogens is 4. The van der Waals surface area contributed by atoms with Crippen LogP contribution in [0.1, 0.15) is 43.2 Å². The Balaban J connectivity index is 1.38. The molecule has 5 rings (SSSR count). The van der Waals surface area contributed by atoms with Gasteiger partial charge in [-0.3, -0.25) is 14.3 Å². The van der Waals surface area contributed by atoms with Crippen LogP contribution in [0.15, 0.2) is 12.4 Å². The van der Waals surface area contributed by atoms with E-state index >= 15 is 0 Å². The second kappa shape index (κ2) is 8.22. The molecule has 9 nitrogen and oxygen atoms in total. The van der Waals surface area contributed by atoms with Crippen LogP contribution in [0.25, 0.3) is 0 Å². The third-order valence-corrected chi connectivity index (χ3v) is 7.77. The molecule has 2 aromatic rings. The molecule has 4 atom stereocenters. The van der Waals surface area contributed by atoms with E-state index in [1.807, 2.05) is 29.6 Å². The third-order valence-electron chi connectivity index (χ3n) is 6.87. The number of piperidine rings is 3. The Morgan fingerprint density at radius 3 is 2.87 bits per heavy atom. The highest BCUT2D eigenvalue weighted by Crippen LogP contribution is 2.43. The molecule has 31 heavy (non-hydrogen) atoms. The number of hydrogen-bond donors (Lipinski definition) is 1. The van der Waals surface area contributed by atoms with Crippen molar-refractivity contribution in [2.45, 2.75) is 64.7 Å². The molecule has 0 spiro atoms. The molecule has 1 N–H and O–H groups in total. The van der Waals surface area contributed by atoms with Crippen molar-refractivity contribution in [1.29, 1.82) is 0 Å². The lowest BCUT2D eigenvalue weighted by Gasteiger charge is -2.55. The van der Waals surface area contributed by atoms with Crippen LogP contribution in [0.5, 0.6) is 0 Å². The Hall–Kier alpha value is -2.49. The maximum atomic E-state index is 13.4. The molecular formula is C21H29N7O2S. The summed E-state index contributed by atoms with van der Waals surface area (Å²) in [7, 11) is 0. The van der Waals surface area contributed by atoms with Gasteiger partial charge in [0, 0.05) is 56.3 Å². The fourth-order valence-corrected chi connectivity index (χ4v) is 6.23. The van der Waals surface area contributed by atoms with Gasteiger partial charge in [0.1, 0.15) is 11.0 Å². The van der Waals surface area contributed by atoms with Crippen molar-refractivity contribution in [2.24, 2.45) is 11.8 Å². The average Bonchev–Trinajstić information content (AvgIpc) is 3.41. The molecule has 0 saturated carbocycles. The lowest BCUT2D eigenvalue weighted by molar-refractivity contribution is -0.156. The van der Waals surface area contributed by atoms with Gasteiger partial charge in [-0.15, -0.1) is 10.2 Å². The van der Waals surface area contributed by atoms with Gasteiger partial charge in [0.25, 0.3) is 0 Å². The molecule has 2 aromatic heterocycles. The van der Waals surface area contributed by atoms with Crippen molar-refractivity contribution in [1.82, 2.24) is 30.2 Å². The normalized spacial score (nSPS) is 27.9. The van der Waals surface area contributed by atoms with Gasteiger partial charge in [-0.05, 0) is 39.0 Å². The van der Waals surface area contributed by atoms with E-state index in [1.54, 1.807) is 17.5 Å². The van der Waals surface area contributed by atoms with E-state index in [9.17, 15) is 9.59 Å². The molecule has 0 unspecified atom stereocenters. The fraction of sp³-hybridized carbons (Fsp3) is 0.667. The number of hydrogen-bond acceptors (Lipinski definition) is 7. The van der Waals surface area contributed by atoms with Crippen molar-refractivity contribution in [3.05, 3.63) is 23.0 Å². The predicted molar refractivity (Wildman–Crippen MR) is 116 cm³/mol. The molecule has 0 aromatic carbocycles. The summed E-state index contributed by atoms with van der Waals surface area (Å²) < 4.78 is 1.85. The molecule has 2 amide bonds. The van der Waals surface area contributed by atoms with Crippen LogP contribution in [0, 0.1) is 18.8 Å². The number of anilines is 1. The Morgan fingerprint density at radius 2 is 2.13 bits per heavy atom. The molecule has 0 aliphatic carbocycles. The van der Waals surface area contributed by atoms with Gasteiger partial charge in [-0.25, -0.2) is 0 Å². The summed E-state index contributed by atoms with van der Waals surface area (Å²) in [4.78, 5) is 30.6. The molecule has 3 aliphatic rings. The summed E-state index contributed by atoms with van der Waals surface area (Å²) in [5, 5.41) is 17.8. The number of rotatable bonds is 5. The van der Waals surface area contributed by atoms with Gasteiger partial charge in [-0.2, -0.15) is 5.10 Å². The first kappa shape index (κ1) is 20.4. The Bertz CT molecular complexity index is 973. The first-order valence-electron chi connectivity index (χ1n) is 11.2. The summed E-state index contributed by atoms with van der Waals surface area (Å²) >= 11 is 1.60. The summed E-state index contributed by atoms with van der Waals surface area (Å²) in [5.41, 5.74) is 0.972. The maximum absolute atomic E-state index is 13.4. The molecule has 166 valence electrons. The van der Waals surface area contributed by atoms with E-state index in [4.69, 9.17) is 0 Å². The van der Waals surface area contributed by atoms with E-state index in [1.165, 1.54) is 0 Å². The predicted octanol–water partition coefficient (Wildman–Crippen LogP) is 1.59. The van der Waals surface area contributed by atoms with E-state index in [2.05, 4.69) is 25.5 Å². The number of fused-ring (bicyclic) bond motifs is 4. The SMILES string of the molecule is CCn1cc(CNC(=O)[C@H]2[C@H]3C[C@H](CN(c4nnc(C)s4)C3)[C@@H]3CCCC(=O)N32)cn1. The molecule has 3 fully saturated rings. The first-order valence-corrected chi connectivity index (χ1v) is 12.0. The second-order valence-corrected chi connectivity index (χ2v) is 10.1. The summed E-state index contributed by atoms with van der Waals surface area (Å²) in [6, 6.07) is -0.292. The van der Waals surface area contributed by atoms with Gasteiger partial charge in [0.15, 0.2) is 0 Å². The van der Waals surface area contributed by atoms with Crippen LogP contribution in [0.3, 0.4) is 0 Å². The van der Waals surface area contributed by atoms with Crippen LogP contribution < -0.4 is 10.2 Å².